The summed E-state index contributed by atoms with van der Waals surface area (Å²) >= 11 is 0. The van der Waals surface area contributed by atoms with Gasteiger partial charge in [0.1, 0.15) is 0 Å². The molecule has 0 saturated heterocycles. The molecular formula is C11H20O4. The van der Waals surface area contributed by atoms with Gasteiger partial charge in [-0.15, -0.1) is 0 Å². The molecule has 0 spiro atoms. The standard InChI is InChI=1S/C11H20O4/c1-5-7-9(12)15-10(8(3)4)11(13)14-6-2/h8,10H,5-7H2,1-4H3. The number of esters is 2. The maximum atomic E-state index is 11.4. The molecule has 4 heteroatoms. The summed E-state index contributed by atoms with van der Waals surface area (Å²) in [7, 11) is 0. The quantitative estimate of drug-likeness (QED) is 0.636. The van der Waals surface area contributed by atoms with Gasteiger partial charge in [0, 0.05) is 12.3 Å². The van der Waals surface area contributed by atoms with Crippen LogP contribution in [-0.4, -0.2) is 24.6 Å². The molecule has 0 saturated carbocycles. The van der Waals surface area contributed by atoms with Crippen LogP contribution in [0.1, 0.15) is 40.5 Å². The first-order chi connectivity index (χ1) is 7.02. The van der Waals surface area contributed by atoms with Crippen molar-refractivity contribution in [1.82, 2.24) is 0 Å². The van der Waals surface area contributed by atoms with Gasteiger partial charge in [0.25, 0.3) is 0 Å². The fourth-order valence-corrected chi connectivity index (χ4v) is 1.09. The maximum Gasteiger partial charge on any atom is 0.347 e. The van der Waals surface area contributed by atoms with Gasteiger partial charge in [-0.3, -0.25) is 4.79 Å². The van der Waals surface area contributed by atoms with Crippen molar-refractivity contribution in [3.63, 3.8) is 0 Å². The number of rotatable bonds is 6. The molecule has 0 fully saturated rings. The Morgan fingerprint density at radius 2 is 1.80 bits per heavy atom. The van der Waals surface area contributed by atoms with Crippen LogP contribution in [0.15, 0.2) is 0 Å². The minimum atomic E-state index is -0.774. The number of hydrogen-bond acceptors (Lipinski definition) is 4. The van der Waals surface area contributed by atoms with E-state index < -0.39 is 12.1 Å². The first kappa shape index (κ1) is 13.9. The van der Waals surface area contributed by atoms with Crippen molar-refractivity contribution < 1.29 is 19.1 Å². The average molecular weight is 216 g/mol. The van der Waals surface area contributed by atoms with Crippen LogP contribution in [0.3, 0.4) is 0 Å². The Morgan fingerprint density at radius 1 is 1.20 bits per heavy atom. The fraction of sp³-hybridized carbons (Fsp3) is 0.818. The summed E-state index contributed by atoms with van der Waals surface area (Å²) in [6.07, 6.45) is 0.277. The minimum absolute atomic E-state index is 0.0649. The smallest absolute Gasteiger partial charge is 0.347 e. The molecular weight excluding hydrogens is 196 g/mol. The number of hydrogen-bond donors (Lipinski definition) is 0. The van der Waals surface area contributed by atoms with Gasteiger partial charge >= 0.3 is 11.9 Å². The average Bonchev–Trinajstić information content (AvgIpc) is 2.14. The molecule has 88 valence electrons. The Bertz CT molecular complexity index is 211. The van der Waals surface area contributed by atoms with E-state index in [0.29, 0.717) is 19.4 Å². The van der Waals surface area contributed by atoms with Crippen molar-refractivity contribution in [2.75, 3.05) is 6.61 Å². The highest BCUT2D eigenvalue weighted by Gasteiger charge is 2.27. The first-order valence-corrected chi connectivity index (χ1v) is 5.39. The van der Waals surface area contributed by atoms with E-state index in [0.717, 1.165) is 0 Å². The molecule has 0 aliphatic heterocycles. The van der Waals surface area contributed by atoms with Gasteiger partial charge in [-0.05, 0) is 13.3 Å². The lowest BCUT2D eigenvalue weighted by molar-refractivity contribution is -0.170. The lowest BCUT2D eigenvalue weighted by atomic mass is 10.1. The molecule has 4 nitrogen and oxygen atoms in total. The van der Waals surface area contributed by atoms with Crippen molar-refractivity contribution in [3.05, 3.63) is 0 Å². The van der Waals surface area contributed by atoms with Crippen LogP contribution in [-0.2, 0) is 19.1 Å². The zero-order valence-electron chi connectivity index (χ0n) is 9.91. The van der Waals surface area contributed by atoms with Gasteiger partial charge in [0.2, 0.25) is 6.10 Å². The van der Waals surface area contributed by atoms with Crippen LogP contribution in [0.2, 0.25) is 0 Å². The maximum absolute atomic E-state index is 11.4. The van der Waals surface area contributed by atoms with Gasteiger partial charge in [-0.25, -0.2) is 4.79 Å². The molecule has 0 amide bonds. The largest absolute Gasteiger partial charge is 0.463 e. The molecule has 0 rings (SSSR count). The van der Waals surface area contributed by atoms with Crippen LogP contribution in [0.25, 0.3) is 0 Å². The van der Waals surface area contributed by atoms with Crippen molar-refractivity contribution >= 4 is 11.9 Å². The summed E-state index contributed by atoms with van der Waals surface area (Å²) in [5, 5.41) is 0. The predicted octanol–water partition coefficient (Wildman–Crippen LogP) is 1.92. The van der Waals surface area contributed by atoms with E-state index in [2.05, 4.69) is 0 Å². The first-order valence-electron chi connectivity index (χ1n) is 5.39. The Hall–Kier alpha value is -1.06. The summed E-state index contributed by atoms with van der Waals surface area (Å²) in [6, 6.07) is 0. The predicted molar refractivity (Wildman–Crippen MR) is 56.3 cm³/mol. The molecule has 1 atom stereocenters. The highest BCUT2D eigenvalue weighted by atomic mass is 16.6. The van der Waals surface area contributed by atoms with E-state index in [9.17, 15) is 9.59 Å². The third-order valence-corrected chi connectivity index (χ3v) is 1.84. The number of carbonyl (C=O) groups excluding carboxylic acids is 2. The van der Waals surface area contributed by atoms with Crippen LogP contribution in [0.4, 0.5) is 0 Å². The highest BCUT2D eigenvalue weighted by Crippen LogP contribution is 2.10. The normalized spacial score (nSPS) is 12.3. The zero-order chi connectivity index (χ0) is 11.8. The molecule has 0 aliphatic rings. The van der Waals surface area contributed by atoms with E-state index in [-0.39, 0.29) is 11.9 Å². The number of carbonyl (C=O) groups is 2. The highest BCUT2D eigenvalue weighted by molar-refractivity contribution is 5.79. The van der Waals surface area contributed by atoms with Crippen LogP contribution in [0, 0.1) is 5.92 Å². The van der Waals surface area contributed by atoms with Crippen molar-refractivity contribution in [2.45, 2.75) is 46.6 Å². The topological polar surface area (TPSA) is 52.6 Å². The monoisotopic (exact) mass is 216 g/mol. The molecule has 15 heavy (non-hydrogen) atoms. The molecule has 0 aromatic rings. The van der Waals surface area contributed by atoms with E-state index in [1.54, 1.807) is 6.92 Å². The molecule has 0 heterocycles. The van der Waals surface area contributed by atoms with Gasteiger partial charge in [0.05, 0.1) is 6.61 Å². The zero-order valence-corrected chi connectivity index (χ0v) is 9.91. The summed E-state index contributed by atoms with van der Waals surface area (Å²) in [5.74, 6) is -0.869. The van der Waals surface area contributed by atoms with Crippen molar-refractivity contribution in [2.24, 2.45) is 5.92 Å². The van der Waals surface area contributed by atoms with Crippen molar-refractivity contribution in [3.8, 4) is 0 Å². The third kappa shape index (κ3) is 5.40. The Morgan fingerprint density at radius 3 is 2.20 bits per heavy atom. The van der Waals surface area contributed by atoms with Crippen LogP contribution in [0.5, 0.6) is 0 Å². The van der Waals surface area contributed by atoms with E-state index in [1.165, 1.54) is 0 Å². The lowest BCUT2D eigenvalue weighted by Crippen LogP contribution is -2.33. The summed E-state index contributed by atoms with van der Waals surface area (Å²) in [5.41, 5.74) is 0. The molecule has 1 unspecified atom stereocenters. The fourth-order valence-electron chi connectivity index (χ4n) is 1.09. The lowest BCUT2D eigenvalue weighted by Gasteiger charge is -2.19. The summed E-state index contributed by atoms with van der Waals surface area (Å²) < 4.78 is 9.88. The van der Waals surface area contributed by atoms with Gasteiger partial charge < -0.3 is 9.47 Å². The molecule has 0 aromatic carbocycles. The van der Waals surface area contributed by atoms with Gasteiger partial charge in [-0.2, -0.15) is 0 Å². The van der Waals surface area contributed by atoms with Crippen LogP contribution >= 0.6 is 0 Å². The van der Waals surface area contributed by atoms with Crippen molar-refractivity contribution in [1.29, 1.82) is 0 Å². The SMILES string of the molecule is CCCC(=O)OC(C(=O)OCC)C(C)C. The Kier molecular flexibility index (Phi) is 6.75. The summed E-state index contributed by atoms with van der Waals surface area (Å²) in [6.45, 7) is 7.55. The van der Waals surface area contributed by atoms with Gasteiger partial charge in [0.15, 0.2) is 0 Å². The Labute approximate surface area is 90.9 Å². The molecule has 0 aliphatic carbocycles. The second kappa shape index (κ2) is 7.26. The molecule has 0 aromatic heterocycles. The van der Waals surface area contributed by atoms with Crippen LogP contribution < -0.4 is 0 Å². The Balaban J connectivity index is 4.27. The second-order valence-corrected chi connectivity index (χ2v) is 3.66. The molecule has 0 radical (unpaired) electrons. The molecule has 0 bridgehead atoms. The third-order valence-electron chi connectivity index (χ3n) is 1.84. The van der Waals surface area contributed by atoms with E-state index in [4.69, 9.17) is 9.47 Å². The van der Waals surface area contributed by atoms with E-state index >= 15 is 0 Å². The van der Waals surface area contributed by atoms with E-state index in [1.807, 2.05) is 20.8 Å². The number of ether oxygens (including phenoxy) is 2. The second-order valence-electron chi connectivity index (χ2n) is 3.66. The van der Waals surface area contributed by atoms with Gasteiger partial charge in [-0.1, -0.05) is 20.8 Å². The minimum Gasteiger partial charge on any atom is -0.463 e. The summed E-state index contributed by atoms with van der Waals surface area (Å²) in [4.78, 5) is 22.7. The molecule has 0 N–H and O–H groups in total.